The molecule has 2 aliphatic rings. The number of likely N-dealkylation sites (tertiary alicyclic amines) is 1. The van der Waals surface area contributed by atoms with E-state index >= 15 is 0 Å². The van der Waals surface area contributed by atoms with E-state index in [1.54, 1.807) is 18.2 Å². The van der Waals surface area contributed by atoms with Crippen molar-refractivity contribution in [3.8, 4) is 0 Å². The van der Waals surface area contributed by atoms with Crippen LogP contribution in [0.5, 0.6) is 0 Å². The van der Waals surface area contributed by atoms with Crippen molar-refractivity contribution in [3.63, 3.8) is 0 Å². The minimum Gasteiger partial charge on any atom is -0.373 e. The first-order valence-electron chi connectivity index (χ1n) is 8.48. The van der Waals surface area contributed by atoms with E-state index in [4.69, 9.17) is 4.74 Å². The van der Waals surface area contributed by atoms with Crippen molar-refractivity contribution < 1.29 is 13.9 Å². The Kier molecular flexibility index (Phi) is 4.97. The highest BCUT2D eigenvalue weighted by Crippen LogP contribution is 2.23. The lowest BCUT2D eigenvalue weighted by Gasteiger charge is -2.38. The molecule has 1 aromatic rings. The number of rotatable bonds is 3. The van der Waals surface area contributed by atoms with E-state index in [1.807, 2.05) is 4.90 Å². The van der Waals surface area contributed by atoms with Crippen LogP contribution in [0.4, 0.5) is 4.39 Å². The molecule has 2 aliphatic heterocycles. The molecule has 126 valence electrons. The predicted octanol–water partition coefficient (Wildman–Crippen LogP) is 2.54. The highest BCUT2D eigenvalue weighted by atomic mass is 19.1. The van der Waals surface area contributed by atoms with Crippen molar-refractivity contribution >= 4 is 5.91 Å². The molecular formula is C18H25FN2O2. The Morgan fingerprint density at radius 2 is 1.96 bits per heavy atom. The summed E-state index contributed by atoms with van der Waals surface area (Å²) in [7, 11) is 0. The van der Waals surface area contributed by atoms with Crippen molar-refractivity contribution in [2.75, 3.05) is 26.2 Å². The average Bonchev–Trinajstić information content (AvgIpc) is 2.94. The summed E-state index contributed by atoms with van der Waals surface area (Å²) in [5.41, 5.74) is 0.183. The molecular weight excluding hydrogens is 295 g/mol. The fourth-order valence-electron chi connectivity index (χ4n) is 3.81. The monoisotopic (exact) mass is 320 g/mol. The van der Waals surface area contributed by atoms with Crippen molar-refractivity contribution in [2.45, 2.75) is 44.9 Å². The van der Waals surface area contributed by atoms with Gasteiger partial charge in [0.15, 0.2) is 0 Å². The number of hydrogen-bond donors (Lipinski definition) is 0. The second kappa shape index (κ2) is 6.97. The van der Waals surface area contributed by atoms with Crippen LogP contribution in [-0.2, 0) is 4.74 Å². The zero-order valence-corrected chi connectivity index (χ0v) is 13.9. The third-order valence-corrected chi connectivity index (χ3v) is 4.71. The van der Waals surface area contributed by atoms with Gasteiger partial charge in [0.05, 0.1) is 17.8 Å². The lowest BCUT2D eigenvalue weighted by atomic mass is 10.1. The number of nitrogens with zero attached hydrogens (tertiary/aromatic N) is 2. The lowest BCUT2D eigenvalue weighted by molar-refractivity contribution is -0.0715. The molecule has 3 rings (SSSR count). The van der Waals surface area contributed by atoms with Gasteiger partial charge >= 0.3 is 0 Å². The Balaban J connectivity index is 1.68. The highest BCUT2D eigenvalue weighted by molar-refractivity contribution is 5.94. The number of hydrogen-bond acceptors (Lipinski definition) is 3. The van der Waals surface area contributed by atoms with Gasteiger partial charge in [0, 0.05) is 32.2 Å². The Morgan fingerprint density at radius 3 is 2.65 bits per heavy atom. The highest BCUT2D eigenvalue weighted by Gasteiger charge is 2.33. The van der Waals surface area contributed by atoms with Crippen molar-refractivity contribution in [2.24, 2.45) is 0 Å². The zero-order chi connectivity index (χ0) is 16.4. The smallest absolute Gasteiger partial charge is 0.257 e. The molecule has 2 heterocycles. The first-order chi connectivity index (χ1) is 11.0. The van der Waals surface area contributed by atoms with Crippen LogP contribution in [0.15, 0.2) is 24.3 Å². The van der Waals surface area contributed by atoms with Crippen LogP contribution in [0.3, 0.4) is 0 Å². The Hall–Kier alpha value is -1.46. The maximum absolute atomic E-state index is 13.9. The maximum atomic E-state index is 13.9. The zero-order valence-electron chi connectivity index (χ0n) is 13.9. The molecule has 1 amide bonds. The van der Waals surface area contributed by atoms with Crippen LogP contribution >= 0.6 is 0 Å². The van der Waals surface area contributed by atoms with E-state index in [0.29, 0.717) is 6.54 Å². The molecule has 0 radical (unpaired) electrons. The molecule has 5 heteroatoms. The minimum atomic E-state index is -0.434. The molecule has 2 saturated heterocycles. The van der Waals surface area contributed by atoms with Crippen LogP contribution < -0.4 is 0 Å². The Bertz CT molecular complexity index is 556. The van der Waals surface area contributed by atoms with Crippen LogP contribution in [0, 0.1) is 5.82 Å². The fourth-order valence-corrected chi connectivity index (χ4v) is 3.81. The number of ether oxygens (including phenoxy) is 1. The van der Waals surface area contributed by atoms with Crippen LogP contribution in [-0.4, -0.2) is 60.1 Å². The van der Waals surface area contributed by atoms with Crippen molar-refractivity contribution in [1.82, 2.24) is 9.80 Å². The summed E-state index contributed by atoms with van der Waals surface area (Å²) in [6.45, 7) is 7.51. The molecule has 0 bridgehead atoms. The van der Waals surface area contributed by atoms with E-state index in [1.165, 1.54) is 6.07 Å². The van der Waals surface area contributed by atoms with Gasteiger partial charge in [-0.1, -0.05) is 12.1 Å². The number of carbonyl (C=O) groups is 1. The summed E-state index contributed by atoms with van der Waals surface area (Å²) in [5.74, 6) is -0.614. The van der Waals surface area contributed by atoms with Gasteiger partial charge in [-0.15, -0.1) is 0 Å². The lowest BCUT2D eigenvalue weighted by Crippen LogP contribution is -2.51. The molecule has 0 unspecified atom stereocenters. The minimum absolute atomic E-state index is 0.166. The summed E-state index contributed by atoms with van der Waals surface area (Å²) in [5, 5.41) is 0. The summed E-state index contributed by atoms with van der Waals surface area (Å²) in [6.07, 6.45) is 2.41. The van der Waals surface area contributed by atoms with E-state index in [0.717, 1.165) is 32.5 Å². The number of halogens is 1. The Labute approximate surface area is 137 Å². The first kappa shape index (κ1) is 16.4. The van der Waals surface area contributed by atoms with Crippen LogP contribution in [0.2, 0.25) is 0 Å². The van der Waals surface area contributed by atoms with Crippen molar-refractivity contribution in [1.29, 1.82) is 0 Å². The van der Waals surface area contributed by atoms with E-state index in [-0.39, 0.29) is 29.7 Å². The number of morpholine rings is 1. The number of amides is 1. The third-order valence-electron chi connectivity index (χ3n) is 4.71. The van der Waals surface area contributed by atoms with Gasteiger partial charge in [-0.05, 0) is 38.8 Å². The molecule has 4 nitrogen and oxygen atoms in total. The topological polar surface area (TPSA) is 32.8 Å². The van der Waals surface area contributed by atoms with Crippen LogP contribution in [0.25, 0.3) is 0 Å². The number of carbonyl (C=O) groups excluding carboxylic acids is 1. The quantitative estimate of drug-likeness (QED) is 0.858. The van der Waals surface area contributed by atoms with Gasteiger partial charge in [-0.3, -0.25) is 9.69 Å². The molecule has 1 aromatic carbocycles. The SMILES string of the molecule is C[C@@H]1CN(C[C@H]2CCCN2C(=O)c2ccccc2F)C[C@H](C)O1. The van der Waals surface area contributed by atoms with Gasteiger partial charge in [-0.25, -0.2) is 4.39 Å². The first-order valence-corrected chi connectivity index (χ1v) is 8.48. The van der Waals surface area contributed by atoms with Gasteiger partial charge in [0.2, 0.25) is 0 Å². The third kappa shape index (κ3) is 3.72. The fraction of sp³-hybridized carbons (Fsp3) is 0.611. The second-order valence-corrected chi connectivity index (χ2v) is 6.75. The van der Waals surface area contributed by atoms with Crippen molar-refractivity contribution in [3.05, 3.63) is 35.6 Å². The normalized spacial score (nSPS) is 29.0. The summed E-state index contributed by atoms with van der Waals surface area (Å²) >= 11 is 0. The van der Waals surface area contributed by atoms with Gasteiger partial charge < -0.3 is 9.64 Å². The molecule has 0 spiro atoms. The van der Waals surface area contributed by atoms with E-state index < -0.39 is 5.82 Å². The molecule has 2 fully saturated rings. The van der Waals surface area contributed by atoms with E-state index in [2.05, 4.69) is 18.7 Å². The Morgan fingerprint density at radius 1 is 1.26 bits per heavy atom. The van der Waals surface area contributed by atoms with Crippen LogP contribution in [0.1, 0.15) is 37.0 Å². The average molecular weight is 320 g/mol. The molecule has 0 aliphatic carbocycles. The molecule has 0 saturated carbocycles. The predicted molar refractivity (Wildman–Crippen MR) is 86.9 cm³/mol. The molecule has 23 heavy (non-hydrogen) atoms. The summed E-state index contributed by atoms with van der Waals surface area (Å²) in [6, 6.07) is 6.42. The number of benzene rings is 1. The van der Waals surface area contributed by atoms with Gasteiger partial charge in [-0.2, -0.15) is 0 Å². The van der Waals surface area contributed by atoms with Gasteiger partial charge in [0.1, 0.15) is 5.82 Å². The second-order valence-electron chi connectivity index (χ2n) is 6.75. The van der Waals surface area contributed by atoms with E-state index in [9.17, 15) is 9.18 Å². The molecule has 3 atom stereocenters. The largest absolute Gasteiger partial charge is 0.373 e. The molecule has 0 N–H and O–H groups in total. The summed E-state index contributed by atoms with van der Waals surface area (Å²) < 4.78 is 19.7. The standard InChI is InChI=1S/C18H25FN2O2/c1-13-10-20(11-14(2)23-13)12-15-6-5-9-21(15)18(22)16-7-3-4-8-17(16)19/h3-4,7-8,13-15H,5-6,9-12H2,1-2H3/t13-,14+,15-/m1/s1. The maximum Gasteiger partial charge on any atom is 0.257 e. The van der Waals surface area contributed by atoms with Gasteiger partial charge in [0.25, 0.3) is 5.91 Å². The summed E-state index contributed by atoms with van der Waals surface area (Å²) in [4.78, 5) is 16.9. The molecule has 0 aromatic heterocycles.